The maximum absolute atomic E-state index is 12.2. The number of phenols is 1. The van der Waals surface area contributed by atoms with E-state index in [-0.39, 0.29) is 30.9 Å². The fourth-order valence-electron chi connectivity index (χ4n) is 2.11. The highest BCUT2D eigenvalue weighted by molar-refractivity contribution is 5.97. The summed E-state index contributed by atoms with van der Waals surface area (Å²) in [4.78, 5) is 38.8. The number of carboxylic acids is 1. The number of amides is 2. The van der Waals surface area contributed by atoms with E-state index < -0.39 is 23.8 Å². The molecule has 7 N–H and O–H groups in total. The summed E-state index contributed by atoms with van der Waals surface area (Å²) >= 11 is 0. The molecule has 1 aromatic carbocycles. The van der Waals surface area contributed by atoms with Crippen molar-refractivity contribution < 1.29 is 29.3 Å². The van der Waals surface area contributed by atoms with Crippen LogP contribution >= 0.6 is 0 Å². The van der Waals surface area contributed by atoms with Crippen LogP contribution in [0.5, 0.6) is 11.5 Å². The van der Waals surface area contributed by atoms with Crippen LogP contribution in [0.2, 0.25) is 0 Å². The minimum Gasteiger partial charge on any atom is -0.507 e. The third-order valence-electron chi connectivity index (χ3n) is 3.45. The average molecular weight is 395 g/mol. The lowest BCUT2D eigenvalue weighted by Crippen LogP contribution is -2.48. The summed E-state index contributed by atoms with van der Waals surface area (Å²) in [5, 5.41) is 23.9. The van der Waals surface area contributed by atoms with E-state index in [0.29, 0.717) is 18.7 Å². The van der Waals surface area contributed by atoms with E-state index in [1.54, 1.807) is 6.92 Å². The first-order valence-corrected chi connectivity index (χ1v) is 8.59. The Kier molecular flexibility index (Phi) is 9.83. The fraction of sp³-hybridized carbons (Fsp3) is 0.412. The van der Waals surface area contributed by atoms with Gasteiger partial charge in [0.15, 0.2) is 0 Å². The molecule has 0 unspecified atom stereocenters. The number of nitrogens with zero attached hydrogens (tertiary/aromatic N) is 1. The molecule has 11 nitrogen and oxygen atoms in total. The summed E-state index contributed by atoms with van der Waals surface area (Å²) in [5.74, 6) is 2.65. The van der Waals surface area contributed by atoms with Crippen molar-refractivity contribution in [1.82, 2.24) is 16.1 Å². The number of hydrogen-bond acceptors (Lipinski definition) is 7. The van der Waals surface area contributed by atoms with Crippen LogP contribution in [0.25, 0.3) is 0 Å². The van der Waals surface area contributed by atoms with Gasteiger partial charge in [-0.2, -0.15) is 0 Å². The average Bonchev–Trinajstić information content (AvgIpc) is 2.64. The highest BCUT2D eigenvalue weighted by Gasteiger charge is 2.21. The molecule has 1 rings (SSSR count). The summed E-state index contributed by atoms with van der Waals surface area (Å²) in [5.41, 5.74) is 2.19. The summed E-state index contributed by atoms with van der Waals surface area (Å²) in [6.45, 7) is 2.04. The van der Waals surface area contributed by atoms with E-state index >= 15 is 0 Å². The van der Waals surface area contributed by atoms with Crippen molar-refractivity contribution in [2.45, 2.75) is 25.8 Å². The van der Waals surface area contributed by atoms with Crippen molar-refractivity contribution in [3.63, 3.8) is 0 Å². The molecule has 1 aromatic rings. The standard InChI is InChI=1S/C17H25N5O6/c1-2-3-15(24)22-13(17(26)27)9-20-16(25)12-5-4-11(8-14(12)23)28-7-6-19-10-21-18/h4-5,8,10,13,23H,2-3,6-7,9,18H2,1H3,(H,19,21)(H,20,25)(H,22,24)(H,26,27)/t13-/m0/s1. The number of benzene rings is 1. The van der Waals surface area contributed by atoms with Crippen molar-refractivity contribution in [1.29, 1.82) is 0 Å². The number of carboxylic acid groups (broad SMARTS) is 1. The molecule has 11 heteroatoms. The first-order valence-electron chi connectivity index (χ1n) is 8.59. The number of phenolic OH excluding ortho intramolecular Hbond substituents is 1. The maximum atomic E-state index is 12.2. The summed E-state index contributed by atoms with van der Waals surface area (Å²) < 4.78 is 5.37. The second-order valence-electron chi connectivity index (χ2n) is 5.65. The summed E-state index contributed by atoms with van der Waals surface area (Å²) in [6, 6.07) is 2.82. The number of aliphatic imine (C=N–C) groups is 1. The molecule has 0 aromatic heterocycles. The summed E-state index contributed by atoms with van der Waals surface area (Å²) in [6.07, 6.45) is 2.07. The molecular formula is C17H25N5O6. The molecule has 1 atom stereocenters. The number of carbonyl (C=O) groups excluding carboxylic acids is 2. The smallest absolute Gasteiger partial charge is 0.328 e. The number of nitrogens with two attached hydrogens (primary N) is 1. The summed E-state index contributed by atoms with van der Waals surface area (Å²) in [7, 11) is 0. The fourth-order valence-corrected chi connectivity index (χ4v) is 2.11. The van der Waals surface area contributed by atoms with Gasteiger partial charge in [-0.15, -0.1) is 0 Å². The number of hydrazine groups is 1. The SMILES string of the molecule is CCCC(=O)N[C@@H](CNC(=O)c1ccc(OCCN=CNN)cc1O)C(=O)O. The minimum atomic E-state index is -1.27. The van der Waals surface area contributed by atoms with Crippen LogP contribution in [0.15, 0.2) is 23.2 Å². The van der Waals surface area contributed by atoms with Crippen LogP contribution in [0, 0.1) is 0 Å². The van der Waals surface area contributed by atoms with Gasteiger partial charge in [-0.25, -0.2) is 10.6 Å². The van der Waals surface area contributed by atoms with E-state index in [4.69, 9.17) is 15.7 Å². The van der Waals surface area contributed by atoms with Crippen LogP contribution < -0.4 is 26.6 Å². The number of aromatic hydroxyl groups is 1. The van der Waals surface area contributed by atoms with Crippen molar-refractivity contribution in [2.75, 3.05) is 19.7 Å². The molecule has 28 heavy (non-hydrogen) atoms. The third kappa shape index (κ3) is 7.91. The lowest BCUT2D eigenvalue weighted by atomic mass is 10.1. The van der Waals surface area contributed by atoms with Gasteiger partial charge in [0.1, 0.15) is 24.1 Å². The highest BCUT2D eigenvalue weighted by Crippen LogP contribution is 2.23. The molecule has 0 saturated carbocycles. The lowest BCUT2D eigenvalue weighted by molar-refractivity contribution is -0.141. The lowest BCUT2D eigenvalue weighted by Gasteiger charge is -2.15. The normalized spacial score (nSPS) is 11.6. The van der Waals surface area contributed by atoms with Crippen LogP contribution in [0.1, 0.15) is 30.1 Å². The van der Waals surface area contributed by atoms with Gasteiger partial charge < -0.3 is 31.0 Å². The van der Waals surface area contributed by atoms with E-state index in [9.17, 15) is 19.5 Å². The quantitative estimate of drug-likeness (QED) is 0.0890. The van der Waals surface area contributed by atoms with Gasteiger partial charge in [-0.05, 0) is 18.6 Å². The van der Waals surface area contributed by atoms with Gasteiger partial charge >= 0.3 is 5.97 Å². The molecule has 0 saturated heterocycles. The van der Waals surface area contributed by atoms with Crippen molar-refractivity contribution in [2.24, 2.45) is 10.8 Å². The predicted molar refractivity (Wildman–Crippen MR) is 101 cm³/mol. The molecule has 0 fully saturated rings. The molecule has 0 heterocycles. The number of nitrogens with one attached hydrogen (secondary N) is 3. The number of rotatable bonds is 12. The molecule has 0 aliphatic carbocycles. The molecule has 0 aliphatic rings. The first kappa shape index (κ1) is 22.7. The number of aliphatic carboxylic acids is 1. The molecular weight excluding hydrogens is 370 g/mol. The Hall–Kier alpha value is -3.34. The Balaban J connectivity index is 2.61. The van der Waals surface area contributed by atoms with E-state index in [1.807, 2.05) is 0 Å². The molecule has 2 amide bonds. The second kappa shape index (κ2) is 12.1. The van der Waals surface area contributed by atoms with Crippen LogP contribution in [-0.4, -0.2) is 60.1 Å². The maximum Gasteiger partial charge on any atom is 0.328 e. The third-order valence-corrected chi connectivity index (χ3v) is 3.45. The highest BCUT2D eigenvalue weighted by atomic mass is 16.5. The van der Waals surface area contributed by atoms with Crippen molar-refractivity contribution >= 4 is 24.1 Å². The zero-order valence-corrected chi connectivity index (χ0v) is 15.5. The zero-order chi connectivity index (χ0) is 20.9. The van der Waals surface area contributed by atoms with Gasteiger partial charge in [0.05, 0.1) is 18.4 Å². The Morgan fingerprint density at radius 1 is 1.36 bits per heavy atom. The van der Waals surface area contributed by atoms with E-state index in [0.717, 1.165) is 0 Å². The Morgan fingerprint density at radius 2 is 2.11 bits per heavy atom. The number of ether oxygens (including phenoxy) is 1. The Morgan fingerprint density at radius 3 is 2.71 bits per heavy atom. The van der Waals surface area contributed by atoms with Crippen molar-refractivity contribution in [3.05, 3.63) is 23.8 Å². The topological polar surface area (TPSA) is 175 Å². The Labute approximate surface area is 161 Å². The van der Waals surface area contributed by atoms with Gasteiger partial charge in [-0.1, -0.05) is 6.92 Å². The zero-order valence-electron chi connectivity index (χ0n) is 15.5. The van der Waals surface area contributed by atoms with E-state index in [2.05, 4.69) is 21.1 Å². The molecule has 0 spiro atoms. The molecule has 154 valence electrons. The van der Waals surface area contributed by atoms with Gasteiger partial charge in [0.2, 0.25) is 5.91 Å². The van der Waals surface area contributed by atoms with Crippen LogP contribution in [0.4, 0.5) is 0 Å². The molecule has 0 bridgehead atoms. The minimum absolute atomic E-state index is 0.0540. The largest absolute Gasteiger partial charge is 0.507 e. The Bertz CT molecular complexity index is 709. The number of carbonyl (C=O) groups is 3. The van der Waals surface area contributed by atoms with Gasteiger partial charge in [0.25, 0.3) is 5.91 Å². The van der Waals surface area contributed by atoms with E-state index in [1.165, 1.54) is 24.5 Å². The van der Waals surface area contributed by atoms with Crippen LogP contribution in [-0.2, 0) is 9.59 Å². The predicted octanol–water partition coefficient (Wildman–Crippen LogP) is -0.638. The monoisotopic (exact) mass is 395 g/mol. The molecule has 0 radical (unpaired) electrons. The second-order valence-corrected chi connectivity index (χ2v) is 5.65. The number of hydrogen-bond donors (Lipinski definition) is 6. The van der Waals surface area contributed by atoms with Gasteiger partial charge in [0, 0.05) is 19.0 Å². The first-order chi connectivity index (χ1) is 13.4. The van der Waals surface area contributed by atoms with Crippen molar-refractivity contribution in [3.8, 4) is 11.5 Å². The molecule has 0 aliphatic heterocycles. The van der Waals surface area contributed by atoms with Crippen LogP contribution in [0.3, 0.4) is 0 Å². The van der Waals surface area contributed by atoms with Gasteiger partial charge in [-0.3, -0.25) is 14.6 Å².